The van der Waals surface area contributed by atoms with Gasteiger partial charge < -0.3 is 24.8 Å². The van der Waals surface area contributed by atoms with Crippen LogP contribution in [0, 0.1) is 0 Å². The van der Waals surface area contributed by atoms with E-state index in [0.717, 1.165) is 5.56 Å². The maximum atomic E-state index is 12.9. The molecule has 1 amide bonds. The first-order valence-electron chi connectivity index (χ1n) is 10.4. The molecule has 0 aliphatic heterocycles. The molecule has 2 N–H and O–H groups in total. The van der Waals surface area contributed by atoms with Crippen LogP contribution in [-0.2, 0) is 30.2 Å². The molecule has 1 rings (SSSR count). The standard InChI is InChI=1S/C23H34N2O6S/c1-8-29-20(27)17(25-21(28)31-23(5,6)7)18(32)24-16(19(26)30-22(2,3)4)14-15-12-10-9-11-13-15/h9-13,16-17H,8,14H2,1-7H3,(H,24,32)(H,25,28)/t16-,17+/m0/s1. The number of benzene rings is 1. The third-order valence-corrected chi connectivity index (χ3v) is 4.09. The van der Waals surface area contributed by atoms with E-state index in [2.05, 4.69) is 10.6 Å². The van der Waals surface area contributed by atoms with Gasteiger partial charge in [-0.25, -0.2) is 14.4 Å². The second-order valence-corrected chi connectivity index (χ2v) is 9.56. The largest absolute Gasteiger partial charge is 0.464 e. The number of nitrogens with one attached hydrogen (secondary N) is 2. The lowest BCUT2D eigenvalue weighted by Gasteiger charge is -2.27. The molecular formula is C23H34N2O6S. The van der Waals surface area contributed by atoms with Crippen molar-refractivity contribution in [2.45, 2.75) is 78.2 Å². The van der Waals surface area contributed by atoms with Gasteiger partial charge in [0.15, 0.2) is 6.04 Å². The molecule has 0 unspecified atom stereocenters. The van der Waals surface area contributed by atoms with Crippen molar-refractivity contribution in [1.29, 1.82) is 0 Å². The highest BCUT2D eigenvalue weighted by atomic mass is 32.1. The third-order valence-electron chi connectivity index (χ3n) is 3.74. The summed E-state index contributed by atoms with van der Waals surface area (Å²) in [6.07, 6.45) is -0.575. The summed E-state index contributed by atoms with van der Waals surface area (Å²) in [4.78, 5) is 37.5. The fraction of sp³-hybridized carbons (Fsp3) is 0.565. The summed E-state index contributed by atoms with van der Waals surface area (Å²) in [6.45, 7) is 12.1. The molecule has 0 radical (unpaired) electrons. The zero-order chi connectivity index (χ0) is 24.5. The Kier molecular flexibility index (Phi) is 10.1. The number of hydrogen-bond acceptors (Lipinski definition) is 7. The summed E-state index contributed by atoms with van der Waals surface area (Å²) in [5.41, 5.74) is -0.624. The second kappa shape index (κ2) is 11.8. The van der Waals surface area contributed by atoms with E-state index in [9.17, 15) is 14.4 Å². The first-order valence-corrected chi connectivity index (χ1v) is 10.9. The maximum Gasteiger partial charge on any atom is 0.408 e. The molecule has 8 nitrogen and oxygen atoms in total. The first-order chi connectivity index (χ1) is 14.7. The third kappa shape index (κ3) is 10.6. The summed E-state index contributed by atoms with van der Waals surface area (Å²) in [5.74, 6) is -1.30. The minimum absolute atomic E-state index is 0.0823. The lowest BCUT2D eigenvalue weighted by atomic mass is 10.0. The van der Waals surface area contributed by atoms with Gasteiger partial charge in [0.1, 0.15) is 22.2 Å². The molecule has 32 heavy (non-hydrogen) atoms. The Morgan fingerprint density at radius 1 is 0.906 bits per heavy atom. The van der Waals surface area contributed by atoms with Gasteiger partial charge in [-0.05, 0) is 54.0 Å². The summed E-state index contributed by atoms with van der Waals surface area (Å²) in [6, 6.07) is 7.08. The molecule has 0 heterocycles. The van der Waals surface area contributed by atoms with Crippen LogP contribution in [0.1, 0.15) is 54.0 Å². The van der Waals surface area contributed by atoms with Gasteiger partial charge in [0, 0.05) is 6.42 Å². The van der Waals surface area contributed by atoms with Crippen LogP contribution in [0.3, 0.4) is 0 Å². The molecule has 1 aromatic carbocycles. The molecule has 0 aliphatic carbocycles. The number of hydrogen-bond donors (Lipinski definition) is 2. The molecule has 0 fully saturated rings. The molecule has 0 saturated carbocycles. The second-order valence-electron chi connectivity index (χ2n) is 9.12. The van der Waals surface area contributed by atoms with Gasteiger partial charge in [0.25, 0.3) is 0 Å². The highest BCUT2D eigenvalue weighted by molar-refractivity contribution is 7.80. The molecule has 1 aromatic rings. The molecule has 0 spiro atoms. The van der Waals surface area contributed by atoms with Crippen molar-refractivity contribution < 1.29 is 28.6 Å². The maximum absolute atomic E-state index is 12.9. The normalized spacial score (nSPS) is 13.3. The highest BCUT2D eigenvalue weighted by Gasteiger charge is 2.33. The predicted molar refractivity (Wildman–Crippen MR) is 125 cm³/mol. The van der Waals surface area contributed by atoms with E-state index >= 15 is 0 Å². The molecule has 0 bridgehead atoms. The Morgan fingerprint density at radius 2 is 1.47 bits per heavy atom. The molecule has 2 atom stereocenters. The van der Waals surface area contributed by atoms with Gasteiger partial charge in [-0.1, -0.05) is 42.5 Å². The number of carbonyl (C=O) groups is 3. The quantitative estimate of drug-likeness (QED) is 0.342. The SMILES string of the molecule is CCOC(=O)[C@H](NC(=O)OC(C)(C)C)C(=S)N[C@@H](Cc1ccccc1)C(=O)OC(C)(C)C. The van der Waals surface area contributed by atoms with E-state index in [0.29, 0.717) is 0 Å². The van der Waals surface area contributed by atoms with Crippen molar-refractivity contribution in [2.75, 3.05) is 6.61 Å². The van der Waals surface area contributed by atoms with Crippen molar-refractivity contribution in [3.05, 3.63) is 35.9 Å². The Hall–Kier alpha value is -2.68. The van der Waals surface area contributed by atoms with Crippen LogP contribution in [0.25, 0.3) is 0 Å². The fourth-order valence-electron chi connectivity index (χ4n) is 2.55. The van der Waals surface area contributed by atoms with E-state index in [4.69, 9.17) is 26.4 Å². The van der Waals surface area contributed by atoms with Crippen molar-refractivity contribution in [3.63, 3.8) is 0 Å². The number of carbonyl (C=O) groups excluding carboxylic acids is 3. The van der Waals surface area contributed by atoms with Gasteiger partial charge in [-0.2, -0.15) is 0 Å². The average Bonchev–Trinajstić information content (AvgIpc) is 2.63. The van der Waals surface area contributed by atoms with Crippen LogP contribution in [0.2, 0.25) is 0 Å². The van der Waals surface area contributed by atoms with Crippen LogP contribution in [-0.4, -0.2) is 52.9 Å². The summed E-state index contributed by atoms with van der Waals surface area (Å²) < 4.78 is 15.8. The Labute approximate surface area is 195 Å². The number of ether oxygens (including phenoxy) is 3. The summed E-state index contributed by atoms with van der Waals surface area (Å²) in [7, 11) is 0. The van der Waals surface area contributed by atoms with Crippen LogP contribution in [0.4, 0.5) is 4.79 Å². The van der Waals surface area contributed by atoms with Crippen LogP contribution in [0.5, 0.6) is 0 Å². The van der Waals surface area contributed by atoms with Gasteiger partial charge in [0.05, 0.1) is 6.61 Å². The van der Waals surface area contributed by atoms with Crippen LogP contribution in [0.15, 0.2) is 30.3 Å². The fourth-order valence-corrected chi connectivity index (χ4v) is 2.85. The summed E-state index contributed by atoms with van der Waals surface area (Å²) >= 11 is 5.39. The number of thiocarbonyl (C=S) groups is 1. The van der Waals surface area contributed by atoms with E-state index in [1.165, 1.54) is 0 Å². The number of amides is 1. The molecular weight excluding hydrogens is 432 g/mol. The number of rotatable bonds is 8. The molecule has 0 aliphatic rings. The van der Waals surface area contributed by atoms with Gasteiger partial charge in [0.2, 0.25) is 0 Å². The van der Waals surface area contributed by atoms with Gasteiger partial charge in [-0.15, -0.1) is 0 Å². The Morgan fingerprint density at radius 3 is 1.97 bits per heavy atom. The first kappa shape index (κ1) is 27.4. The highest BCUT2D eigenvalue weighted by Crippen LogP contribution is 2.13. The molecule has 9 heteroatoms. The monoisotopic (exact) mass is 466 g/mol. The van der Waals surface area contributed by atoms with Crippen molar-refractivity contribution >= 4 is 35.2 Å². The minimum Gasteiger partial charge on any atom is -0.464 e. The number of esters is 2. The Balaban J connectivity index is 3.09. The Bertz CT molecular complexity index is 799. The summed E-state index contributed by atoms with van der Waals surface area (Å²) in [5, 5.41) is 5.30. The van der Waals surface area contributed by atoms with Crippen molar-refractivity contribution in [2.24, 2.45) is 0 Å². The topological polar surface area (TPSA) is 103 Å². The average molecular weight is 467 g/mol. The molecule has 0 aromatic heterocycles. The molecule has 178 valence electrons. The van der Waals surface area contributed by atoms with Gasteiger partial charge >= 0.3 is 18.0 Å². The van der Waals surface area contributed by atoms with E-state index in [1.807, 2.05) is 30.3 Å². The van der Waals surface area contributed by atoms with Crippen LogP contribution >= 0.6 is 12.2 Å². The molecule has 0 saturated heterocycles. The van der Waals surface area contributed by atoms with E-state index in [1.54, 1.807) is 48.5 Å². The predicted octanol–water partition coefficient (Wildman–Crippen LogP) is 3.31. The minimum atomic E-state index is -1.33. The smallest absolute Gasteiger partial charge is 0.408 e. The van der Waals surface area contributed by atoms with E-state index in [-0.39, 0.29) is 18.0 Å². The lowest BCUT2D eigenvalue weighted by Crippen LogP contribution is -2.56. The number of alkyl carbamates (subject to hydrolysis) is 1. The van der Waals surface area contributed by atoms with Crippen LogP contribution < -0.4 is 10.6 Å². The van der Waals surface area contributed by atoms with Crippen molar-refractivity contribution in [3.8, 4) is 0 Å². The van der Waals surface area contributed by atoms with Gasteiger partial charge in [-0.3, -0.25) is 0 Å². The zero-order valence-electron chi connectivity index (χ0n) is 19.8. The van der Waals surface area contributed by atoms with Crippen molar-refractivity contribution in [1.82, 2.24) is 10.6 Å². The van der Waals surface area contributed by atoms with E-state index < -0.39 is 41.3 Å². The zero-order valence-corrected chi connectivity index (χ0v) is 20.6. The lowest BCUT2D eigenvalue weighted by molar-refractivity contribution is -0.157.